The molecule has 0 saturated heterocycles. The molecule has 0 aliphatic rings. The lowest BCUT2D eigenvalue weighted by Gasteiger charge is -2.30. The van der Waals surface area contributed by atoms with E-state index in [1.54, 1.807) is 11.3 Å². The SMILES string of the molecule is CC(Cc1cccs1)N(C)C(=O)CC(N)C(C)(C)C. The second-order valence-corrected chi connectivity index (χ2v) is 7.35. The lowest BCUT2D eigenvalue weighted by atomic mass is 9.85. The summed E-state index contributed by atoms with van der Waals surface area (Å²) >= 11 is 1.74. The molecule has 3 nitrogen and oxygen atoms in total. The van der Waals surface area contributed by atoms with Crippen LogP contribution >= 0.6 is 11.3 Å². The number of nitrogens with two attached hydrogens (primary N) is 1. The number of amides is 1. The Bertz CT molecular complexity index is 395. The van der Waals surface area contributed by atoms with Crippen molar-refractivity contribution in [2.75, 3.05) is 7.05 Å². The van der Waals surface area contributed by atoms with Gasteiger partial charge in [0.15, 0.2) is 0 Å². The van der Waals surface area contributed by atoms with E-state index in [1.807, 2.05) is 18.0 Å². The molecule has 0 aromatic carbocycles. The highest BCUT2D eigenvalue weighted by atomic mass is 32.1. The molecule has 0 radical (unpaired) electrons. The molecule has 1 aromatic heterocycles. The highest BCUT2D eigenvalue weighted by Gasteiger charge is 2.26. The van der Waals surface area contributed by atoms with Crippen LogP contribution in [0.2, 0.25) is 0 Å². The Balaban J connectivity index is 2.52. The van der Waals surface area contributed by atoms with E-state index in [0.717, 1.165) is 6.42 Å². The van der Waals surface area contributed by atoms with Gasteiger partial charge in [0.05, 0.1) is 0 Å². The normalized spacial score (nSPS) is 15.1. The first kappa shape index (κ1) is 16.2. The Labute approximate surface area is 120 Å². The summed E-state index contributed by atoms with van der Waals surface area (Å²) in [6, 6.07) is 4.26. The van der Waals surface area contributed by atoms with Crippen molar-refractivity contribution in [3.63, 3.8) is 0 Å². The predicted molar refractivity (Wildman–Crippen MR) is 82.3 cm³/mol. The molecule has 19 heavy (non-hydrogen) atoms. The molecule has 4 heteroatoms. The second kappa shape index (κ2) is 6.53. The molecule has 1 rings (SSSR count). The van der Waals surface area contributed by atoms with Crippen molar-refractivity contribution in [3.8, 4) is 0 Å². The fourth-order valence-corrected chi connectivity index (χ4v) is 2.57. The van der Waals surface area contributed by atoms with Crippen molar-refractivity contribution < 1.29 is 4.79 Å². The van der Waals surface area contributed by atoms with Crippen LogP contribution in [0.3, 0.4) is 0 Å². The number of hydrogen-bond donors (Lipinski definition) is 1. The first-order chi connectivity index (χ1) is 8.71. The fraction of sp³-hybridized carbons (Fsp3) is 0.667. The van der Waals surface area contributed by atoms with Crippen LogP contribution in [0, 0.1) is 5.41 Å². The summed E-state index contributed by atoms with van der Waals surface area (Å²) in [5.41, 5.74) is 6.05. The van der Waals surface area contributed by atoms with E-state index >= 15 is 0 Å². The molecule has 0 spiro atoms. The largest absolute Gasteiger partial charge is 0.343 e. The van der Waals surface area contributed by atoms with E-state index in [0.29, 0.717) is 6.42 Å². The molecule has 1 amide bonds. The molecule has 0 fully saturated rings. The van der Waals surface area contributed by atoms with Crippen LogP contribution < -0.4 is 5.73 Å². The summed E-state index contributed by atoms with van der Waals surface area (Å²) in [6.07, 6.45) is 1.32. The van der Waals surface area contributed by atoms with E-state index in [1.165, 1.54) is 4.88 Å². The van der Waals surface area contributed by atoms with E-state index in [-0.39, 0.29) is 23.4 Å². The molecular weight excluding hydrogens is 256 g/mol. The summed E-state index contributed by atoms with van der Waals surface area (Å²) in [7, 11) is 1.87. The highest BCUT2D eigenvalue weighted by molar-refractivity contribution is 7.09. The number of carbonyl (C=O) groups is 1. The van der Waals surface area contributed by atoms with Crippen molar-refractivity contribution in [1.29, 1.82) is 0 Å². The van der Waals surface area contributed by atoms with E-state index in [4.69, 9.17) is 5.73 Å². The molecule has 1 heterocycles. The van der Waals surface area contributed by atoms with Gasteiger partial charge >= 0.3 is 0 Å². The van der Waals surface area contributed by atoms with Crippen LogP contribution in [0.5, 0.6) is 0 Å². The first-order valence-corrected chi connectivity index (χ1v) is 7.63. The number of nitrogens with zero attached hydrogens (tertiary/aromatic N) is 1. The summed E-state index contributed by atoms with van der Waals surface area (Å²) in [5.74, 6) is 0.131. The van der Waals surface area contributed by atoms with E-state index in [2.05, 4.69) is 39.1 Å². The Morgan fingerprint density at radius 3 is 2.58 bits per heavy atom. The van der Waals surface area contributed by atoms with Gasteiger partial charge in [-0.2, -0.15) is 0 Å². The summed E-state index contributed by atoms with van der Waals surface area (Å²) in [5, 5.41) is 2.07. The standard InChI is InChI=1S/C15H26N2OS/c1-11(9-12-7-6-8-19-12)17(5)14(18)10-13(16)15(2,3)4/h6-8,11,13H,9-10,16H2,1-5H3. The maximum absolute atomic E-state index is 12.2. The Morgan fingerprint density at radius 1 is 1.47 bits per heavy atom. The van der Waals surface area contributed by atoms with Gasteiger partial charge in [-0.1, -0.05) is 26.8 Å². The Morgan fingerprint density at radius 2 is 2.11 bits per heavy atom. The maximum atomic E-state index is 12.2. The van der Waals surface area contributed by atoms with Gasteiger partial charge in [-0.25, -0.2) is 0 Å². The van der Waals surface area contributed by atoms with Crippen LogP contribution in [0.4, 0.5) is 0 Å². The Hall–Kier alpha value is -0.870. The van der Waals surface area contributed by atoms with Gasteiger partial charge in [0.25, 0.3) is 0 Å². The van der Waals surface area contributed by atoms with Crippen LogP contribution in [0.15, 0.2) is 17.5 Å². The summed E-state index contributed by atoms with van der Waals surface area (Å²) < 4.78 is 0. The van der Waals surface area contributed by atoms with Crippen molar-refractivity contribution in [2.24, 2.45) is 11.1 Å². The van der Waals surface area contributed by atoms with Crippen LogP contribution in [0.25, 0.3) is 0 Å². The number of rotatable bonds is 5. The van der Waals surface area contributed by atoms with Crippen molar-refractivity contribution in [2.45, 2.75) is 52.6 Å². The first-order valence-electron chi connectivity index (χ1n) is 6.75. The number of carbonyl (C=O) groups excluding carboxylic acids is 1. The van der Waals surface area contributed by atoms with E-state index in [9.17, 15) is 4.79 Å². The van der Waals surface area contributed by atoms with Gasteiger partial charge in [-0.3, -0.25) is 4.79 Å². The Kier molecular flexibility index (Phi) is 5.56. The zero-order valence-electron chi connectivity index (χ0n) is 12.6. The van der Waals surface area contributed by atoms with Crippen LogP contribution in [-0.2, 0) is 11.2 Å². The monoisotopic (exact) mass is 282 g/mol. The van der Waals surface area contributed by atoms with E-state index < -0.39 is 0 Å². The molecule has 0 saturated carbocycles. The third-order valence-electron chi connectivity index (χ3n) is 3.64. The summed E-state index contributed by atoms with van der Waals surface area (Å²) in [6.45, 7) is 8.29. The highest BCUT2D eigenvalue weighted by Crippen LogP contribution is 2.21. The quantitative estimate of drug-likeness (QED) is 0.902. The minimum Gasteiger partial charge on any atom is -0.343 e. The molecule has 2 N–H and O–H groups in total. The molecule has 0 aliphatic heterocycles. The van der Waals surface area contributed by atoms with Crippen molar-refractivity contribution in [3.05, 3.63) is 22.4 Å². The molecule has 108 valence electrons. The van der Waals surface area contributed by atoms with Crippen molar-refractivity contribution in [1.82, 2.24) is 4.90 Å². The smallest absolute Gasteiger partial charge is 0.224 e. The van der Waals surface area contributed by atoms with Crippen LogP contribution in [-0.4, -0.2) is 29.9 Å². The third-order valence-corrected chi connectivity index (χ3v) is 4.54. The molecular formula is C15H26N2OS. The summed E-state index contributed by atoms with van der Waals surface area (Å²) in [4.78, 5) is 15.4. The number of likely N-dealkylation sites (N-methyl/N-ethyl adjacent to an activating group) is 1. The lowest BCUT2D eigenvalue weighted by molar-refractivity contribution is -0.132. The molecule has 2 atom stereocenters. The number of thiophene rings is 1. The number of hydrogen-bond acceptors (Lipinski definition) is 3. The van der Waals surface area contributed by atoms with Gasteiger partial charge in [0.1, 0.15) is 0 Å². The fourth-order valence-electron chi connectivity index (χ4n) is 1.74. The third kappa shape index (κ3) is 4.96. The topological polar surface area (TPSA) is 46.3 Å². The average Bonchev–Trinajstić information content (AvgIpc) is 2.79. The molecule has 1 aromatic rings. The van der Waals surface area contributed by atoms with Gasteiger partial charge < -0.3 is 10.6 Å². The van der Waals surface area contributed by atoms with Gasteiger partial charge in [0.2, 0.25) is 5.91 Å². The molecule has 2 unspecified atom stereocenters. The zero-order valence-corrected chi connectivity index (χ0v) is 13.5. The minimum absolute atomic E-state index is 0.0342. The maximum Gasteiger partial charge on any atom is 0.224 e. The van der Waals surface area contributed by atoms with Gasteiger partial charge in [-0.15, -0.1) is 11.3 Å². The predicted octanol–water partition coefficient (Wildman–Crippen LogP) is 2.90. The van der Waals surface area contributed by atoms with Gasteiger partial charge in [-0.05, 0) is 23.8 Å². The lowest BCUT2D eigenvalue weighted by Crippen LogP contribution is -2.43. The van der Waals surface area contributed by atoms with Crippen LogP contribution in [0.1, 0.15) is 39.0 Å². The zero-order chi connectivity index (χ0) is 14.6. The average molecular weight is 282 g/mol. The molecule has 0 aliphatic carbocycles. The molecule has 0 bridgehead atoms. The van der Waals surface area contributed by atoms with Gasteiger partial charge in [0, 0.05) is 36.9 Å². The van der Waals surface area contributed by atoms with Crippen molar-refractivity contribution >= 4 is 17.2 Å². The minimum atomic E-state index is -0.101. The second-order valence-electron chi connectivity index (χ2n) is 6.31.